The lowest BCUT2D eigenvalue weighted by atomic mass is 9.98. The predicted molar refractivity (Wildman–Crippen MR) is 132 cm³/mol. The molecule has 3 aromatic carbocycles. The fourth-order valence-electron chi connectivity index (χ4n) is 3.49. The van der Waals surface area contributed by atoms with Crippen molar-refractivity contribution >= 4 is 15.9 Å². The first-order valence-electron chi connectivity index (χ1n) is 10.9. The highest BCUT2D eigenvalue weighted by Gasteiger charge is 2.19. The Morgan fingerprint density at radius 2 is 1.35 bits per heavy atom. The standard InChI is InChI=1S/C26H30N2O5S/c1-18(2)28-34(30,31)24-15-9-21(10-16-24)26(29)27-25(20-7-13-23(33-4)14-8-20)17-19-5-11-22(32-3)12-6-19/h5-16,18,25,28H,17H2,1-4H3,(H,27,29)/t25-/m0/s1. The van der Waals surface area contributed by atoms with Gasteiger partial charge < -0.3 is 14.8 Å². The highest BCUT2D eigenvalue weighted by atomic mass is 32.2. The summed E-state index contributed by atoms with van der Waals surface area (Å²) in [7, 11) is -0.406. The average Bonchev–Trinajstić information content (AvgIpc) is 2.83. The van der Waals surface area contributed by atoms with Crippen LogP contribution in [0.1, 0.15) is 41.4 Å². The van der Waals surface area contributed by atoms with Crippen molar-refractivity contribution in [3.63, 3.8) is 0 Å². The lowest BCUT2D eigenvalue weighted by molar-refractivity contribution is 0.0936. The van der Waals surface area contributed by atoms with Gasteiger partial charge in [0.15, 0.2) is 0 Å². The molecule has 0 saturated heterocycles. The molecule has 0 heterocycles. The summed E-state index contributed by atoms with van der Waals surface area (Å²) in [6.07, 6.45) is 0.562. The molecule has 0 aliphatic heterocycles. The Labute approximate surface area is 201 Å². The second-order valence-corrected chi connectivity index (χ2v) is 9.87. The summed E-state index contributed by atoms with van der Waals surface area (Å²) in [5, 5.41) is 3.08. The van der Waals surface area contributed by atoms with Crippen molar-refractivity contribution in [3.8, 4) is 11.5 Å². The van der Waals surface area contributed by atoms with Crippen LogP contribution in [0.2, 0.25) is 0 Å². The van der Waals surface area contributed by atoms with E-state index in [0.29, 0.717) is 12.0 Å². The molecule has 0 aromatic heterocycles. The second kappa shape index (κ2) is 11.2. The molecule has 0 fully saturated rings. The van der Waals surface area contributed by atoms with Crippen LogP contribution in [-0.4, -0.2) is 34.6 Å². The number of carbonyl (C=O) groups is 1. The Kier molecular flexibility index (Phi) is 8.31. The van der Waals surface area contributed by atoms with Crippen LogP contribution < -0.4 is 19.5 Å². The summed E-state index contributed by atoms with van der Waals surface area (Å²) < 4.78 is 37.7. The zero-order valence-corrected chi connectivity index (χ0v) is 20.6. The summed E-state index contributed by atoms with van der Waals surface area (Å²) in [5.74, 6) is 1.19. The first-order chi connectivity index (χ1) is 16.2. The van der Waals surface area contributed by atoms with Crippen molar-refractivity contribution in [2.45, 2.75) is 37.2 Å². The van der Waals surface area contributed by atoms with E-state index in [1.54, 1.807) is 28.1 Å². The number of nitrogens with one attached hydrogen (secondary N) is 2. The van der Waals surface area contributed by atoms with Gasteiger partial charge in [-0.1, -0.05) is 24.3 Å². The molecule has 0 spiro atoms. The molecule has 7 nitrogen and oxygen atoms in total. The highest BCUT2D eigenvalue weighted by molar-refractivity contribution is 7.89. The first kappa shape index (κ1) is 25.3. The van der Waals surface area contributed by atoms with E-state index >= 15 is 0 Å². The van der Waals surface area contributed by atoms with Crippen molar-refractivity contribution < 1.29 is 22.7 Å². The quantitative estimate of drug-likeness (QED) is 0.454. The number of hydrogen-bond donors (Lipinski definition) is 2. The average molecular weight is 483 g/mol. The fourth-order valence-corrected chi connectivity index (χ4v) is 4.74. The number of benzene rings is 3. The van der Waals surface area contributed by atoms with Gasteiger partial charge in [0.25, 0.3) is 5.91 Å². The summed E-state index contributed by atoms with van der Waals surface area (Å²) in [4.78, 5) is 13.2. The van der Waals surface area contributed by atoms with E-state index in [4.69, 9.17) is 9.47 Å². The summed E-state index contributed by atoms with van der Waals surface area (Å²) in [5.41, 5.74) is 2.32. The lowest BCUT2D eigenvalue weighted by Gasteiger charge is -2.20. The van der Waals surface area contributed by atoms with Crippen molar-refractivity contribution in [1.29, 1.82) is 0 Å². The third kappa shape index (κ3) is 6.59. The Balaban J connectivity index is 1.82. The second-order valence-electron chi connectivity index (χ2n) is 8.15. The maximum absolute atomic E-state index is 13.1. The molecule has 2 N–H and O–H groups in total. The monoisotopic (exact) mass is 482 g/mol. The van der Waals surface area contributed by atoms with Crippen LogP contribution in [-0.2, 0) is 16.4 Å². The van der Waals surface area contributed by atoms with Gasteiger partial charge in [-0.05, 0) is 79.9 Å². The molecule has 0 aliphatic carbocycles. The molecule has 0 bridgehead atoms. The Hall–Kier alpha value is -3.36. The SMILES string of the molecule is COc1ccc(C[C@H](NC(=O)c2ccc(S(=O)(=O)NC(C)C)cc2)c2ccc(OC)cc2)cc1. The number of hydrogen-bond acceptors (Lipinski definition) is 5. The minimum Gasteiger partial charge on any atom is -0.497 e. The lowest BCUT2D eigenvalue weighted by Crippen LogP contribution is -2.31. The van der Waals surface area contributed by atoms with Gasteiger partial charge in [-0.2, -0.15) is 0 Å². The van der Waals surface area contributed by atoms with E-state index in [0.717, 1.165) is 22.6 Å². The van der Waals surface area contributed by atoms with Gasteiger partial charge in [-0.3, -0.25) is 4.79 Å². The van der Waals surface area contributed by atoms with Crippen molar-refractivity contribution in [3.05, 3.63) is 89.5 Å². The molecular weight excluding hydrogens is 452 g/mol. The third-order valence-corrected chi connectivity index (χ3v) is 6.91. The third-order valence-electron chi connectivity index (χ3n) is 5.24. The van der Waals surface area contributed by atoms with Gasteiger partial charge in [0.05, 0.1) is 25.2 Å². The maximum Gasteiger partial charge on any atom is 0.251 e. The van der Waals surface area contributed by atoms with Gasteiger partial charge >= 0.3 is 0 Å². The number of sulfonamides is 1. The van der Waals surface area contributed by atoms with Crippen molar-refractivity contribution in [2.75, 3.05) is 14.2 Å². The van der Waals surface area contributed by atoms with Gasteiger partial charge in [-0.15, -0.1) is 0 Å². The van der Waals surface area contributed by atoms with E-state index in [9.17, 15) is 13.2 Å². The van der Waals surface area contributed by atoms with Gasteiger partial charge in [0.1, 0.15) is 11.5 Å². The van der Waals surface area contributed by atoms with E-state index in [1.165, 1.54) is 24.3 Å². The Morgan fingerprint density at radius 3 is 1.85 bits per heavy atom. The molecule has 1 atom stereocenters. The Morgan fingerprint density at radius 1 is 0.824 bits per heavy atom. The van der Waals surface area contributed by atoms with Crippen LogP contribution in [0.15, 0.2) is 77.7 Å². The number of carbonyl (C=O) groups excluding carboxylic acids is 1. The van der Waals surface area contributed by atoms with E-state index in [2.05, 4.69) is 10.0 Å². The molecule has 34 heavy (non-hydrogen) atoms. The molecule has 0 radical (unpaired) electrons. The van der Waals surface area contributed by atoms with Crippen molar-refractivity contribution in [2.24, 2.45) is 0 Å². The molecule has 0 unspecified atom stereocenters. The van der Waals surface area contributed by atoms with Crippen LogP contribution in [0.5, 0.6) is 11.5 Å². The van der Waals surface area contributed by atoms with Crippen LogP contribution >= 0.6 is 0 Å². The van der Waals surface area contributed by atoms with Gasteiger partial charge in [0, 0.05) is 11.6 Å². The normalized spacial score (nSPS) is 12.3. The van der Waals surface area contributed by atoms with E-state index < -0.39 is 10.0 Å². The van der Waals surface area contributed by atoms with Crippen molar-refractivity contribution in [1.82, 2.24) is 10.0 Å². The van der Waals surface area contributed by atoms with Crippen LogP contribution in [0.4, 0.5) is 0 Å². The summed E-state index contributed by atoms with van der Waals surface area (Å²) in [6.45, 7) is 3.50. The number of amides is 1. The molecule has 3 rings (SSSR count). The van der Waals surface area contributed by atoms with E-state index in [-0.39, 0.29) is 22.9 Å². The van der Waals surface area contributed by atoms with Crippen LogP contribution in [0, 0.1) is 0 Å². The van der Waals surface area contributed by atoms with Gasteiger partial charge in [0.2, 0.25) is 10.0 Å². The molecule has 0 saturated carbocycles. The molecule has 180 valence electrons. The first-order valence-corrected chi connectivity index (χ1v) is 12.4. The summed E-state index contributed by atoms with van der Waals surface area (Å²) >= 11 is 0. The van der Waals surface area contributed by atoms with Crippen LogP contribution in [0.3, 0.4) is 0 Å². The summed E-state index contributed by atoms with van der Waals surface area (Å²) in [6, 6.07) is 20.6. The Bertz CT molecular complexity index is 1190. The zero-order valence-electron chi connectivity index (χ0n) is 19.7. The zero-order chi connectivity index (χ0) is 24.7. The largest absolute Gasteiger partial charge is 0.497 e. The fraction of sp³-hybridized carbons (Fsp3) is 0.269. The maximum atomic E-state index is 13.1. The molecule has 3 aromatic rings. The number of rotatable bonds is 10. The smallest absolute Gasteiger partial charge is 0.251 e. The number of methoxy groups -OCH3 is 2. The minimum absolute atomic E-state index is 0.114. The molecule has 0 aliphatic rings. The highest BCUT2D eigenvalue weighted by Crippen LogP contribution is 2.23. The van der Waals surface area contributed by atoms with E-state index in [1.807, 2.05) is 48.5 Å². The molecule has 8 heteroatoms. The minimum atomic E-state index is -3.62. The topological polar surface area (TPSA) is 93.7 Å². The number of ether oxygens (including phenoxy) is 2. The van der Waals surface area contributed by atoms with Gasteiger partial charge in [-0.25, -0.2) is 13.1 Å². The molecule has 1 amide bonds. The van der Waals surface area contributed by atoms with Crippen LogP contribution in [0.25, 0.3) is 0 Å². The molecular formula is C26H30N2O5S. The predicted octanol–water partition coefficient (Wildman–Crippen LogP) is 4.10.